The van der Waals surface area contributed by atoms with Gasteiger partial charge in [0.15, 0.2) is 0 Å². The van der Waals surface area contributed by atoms with Crippen molar-refractivity contribution in [2.24, 2.45) is 11.1 Å². The number of anilines is 1. The maximum Gasteiger partial charge on any atom is 0.237 e. The van der Waals surface area contributed by atoms with Crippen LogP contribution < -0.4 is 11.1 Å². The van der Waals surface area contributed by atoms with Crippen LogP contribution in [-0.4, -0.2) is 10.9 Å². The van der Waals surface area contributed by atoms with Gasteiger partial charge in [-0.1, -0.05) is 47.4 Å². The summed E-state index contributed by atoms with van der Waals surface area (Å²) >= 11 is 8.27. The van der Waals surface area contributed by atoms with Gasteiger partial charge in [-0.3, -0.25) is 4.79 Å². The van der Waals surface area contributed by atoms with Crippen LogP contribution >= 0.6 is 28.1 Å². The number of rotatable bonds is 3. The lowest BCUT2D eigenvalue weighted by atomic mass is 9.73. The lowest BCUT2D eigenvalue weighted by Crippen LogP contribution is -2.47. The molecule has 0 aromatic heterocycles. The predicted molar refractivity (Wildman–Crippen MR) is 85.0 cm³/mol. The molecule has 1 aromatic rings. The average Bonchev–Trinajstić information content (AvgIpc) is 2.42. The normalized spacial score (nSPS) is 17.5. The largest absolute Gasteiger partial charge is 0.392 e. The van der Waals surface area contributed by atoms with Crippen molar-refractivity contribution < 1.29 is 9.18 Å². The molecule has 0 heterocycles. The number of benzene rings is 1. The van der Waals surface area contributed by atoms with Gasteiger partial charge in [0.1, 0.15) is 5.82 Å². The first-order chi connectivity index (χ1) is 9.45. The Balaban J connectivity index is 2.22. The van der Waals surface area contributed by atoms with E-state index in [1.807, 2.05) is 0 Å². The molecule has 108 valence electrons. The summed E-state index contributed by atoms with van der Waals surface area (Å²) in [6.07, 6.45) is 4.16. The summed E-state index contributed by atoms with van der Waals surface area (Å²) in [6.45, 7) is 0. The lowest BCUT2D eigenvalue weighted by Gasteiger charge is -2.34. The first kappa shape index (κ1) is 15.4. The molecule has 1 aromatic carbocycles. The van der Waals surface area contributed by atoms with Crippen LogP contribution in [0.5, 0.6) is 0 Å². The Kier molecular flexibility index (Phi) is 4.75. The molecule has 3 nitrogen and oxygen atoms in total. The minimum atomic E-state index is -0.840. The van der Waals surface area contributed by atoms with Crippen LogP contribution in [0.1, 0.15) is 32.1 Å². The van der Waals surface area contributed by atoms with E-state index in [0.717, 1.165) is 19.3 Å². The van der Waals surface area contributed by atoms with E-state index >= 15 is 0 Å². The number of carbonyl (C=O) groups is 1. The Morgan fingerprint density at radius 3 is 2.55 bits per heavy atom. The first-order valence-electron chi connectivity index (χ1n) is 6.52. The molecular weight excluding hydrogens is 343 g/mol. The van der Waals surface area contributed by atoms with Gasteiger partial charge >= 0.3 is 0 Å². The summed E-state index contributed by atoms with van der Waals surface area (Å²) in [5.41, 5.74) is 5.10. The van der Waals surface area contributed by atoms with Crippen molar-refractivity contribution in [1.82, 2.24) is 0 Å². The molecule has 1 aliphatic carbocycles. The Morgan fingerprint density at radius 2 is 2.00 bits per heavy atom. The van der Waals surface area contributed by atoms with E-state index in [1.165, 1.54) is 12.1 Å². The number of amides is 1. The molecule has 20 heavy (non-hydrogen) atoms. The molecule has 6 heteroatoms. The second-order valence-corrected chi connectivity index (χ2v) is 6.44. The van der Waals surface area contributed by atoms with Crippen LogP contribution in [0, 0.1) is 11.2 Å². The Hall–Kier alpha value is -1.01. The highest BCUT2D eigenvalue weighted by molar-refractivity contribution is 9.10. The smallest absolute Gasteiger partial charge is 0.237 e. The summed E-state index contributed by atoms with van der Waals surface area (Å²) in [5, 5.41) is 2.63. The Bertz CT molecular complexity index is 544. The number of hydrogen-bond donors (Lipinski definition) is 2. The highest BCUT2D eigenvalue weighted by atomic mass is 79.9. The van der Waals surface area contributed by atoms with Gasteiger partial charge in [-0.15, -0.1) is 0 Å². The number of thiocarbonyl (C=S) groups is 1. The van der Waals surface area contributed by atoms with Crippen LogP contribution in [-0.2, 0) is 4.79 Å². The molecule has 1 aliphatic rings. The SMILES string of the molecule is NC(=S)C1(C(=O)Nc2ccc(Br)cc2F)CCCCC1. The molecule has 0 spiro atoms. The molecule has 3 N–H and O–H groups in total. The van der Waals surface area contributed by atoms with Gasteiger partial charge in [0.05, 0.1) is 16.1 Å². The summed E-state index contributed by atoms with van der Waals surface area (Å²) in [4.78, 5) is 12.7. The van der Waals surface area contributed by atoms with Gasteiger partial charge in [-0.2, -0.15) is 0 Å². The number of hydrogen-bond acceptors (Lipinski definition) is 2. The van der Waals surface area contributed by atoms with E-state index in [2.05, 4.69) is 21.2 Å². The quantitative estimate of drug-likeness (QED) is 0.808. The first-order valence-corrected chi connectivity index (χ1v) is 7.72. The maximum atomic E-state index is 13.8. The van der Waals surface area contributed by atoms with Crippen molar-refractivity contribution in [3.63, 3.8) is 0 Å². The monoisotopic (exact) mass is 358 g/mol. The van der Waals surface area contributed by atoms with E-state index in [4.69, 9.17) is 18.0 Å². The molecule has 1 amide bonds. The molecule has 1 fully saturated rings. The second kappa shape index (κ2) is 6.18. The predicted octanol–water partition coefficient (Wildman–Crippen LogP) is 3.76. The third-order valence-corrected chi connectivity index (χ3v) is 4.68. The lowest BCUT2D eigenvalue weighted by molar-refractivity contribution is -0.123. The van der Waals surface area contributed by atoms with Crippen molar-refractivity contribution >= 4 is 44.7 Å². The standard InChI is InChI=1S/C14H16BrFN2OS/c15-9-4-5-11(10(16)8-9)18-13(19)14(12(17)20)6-2-1-3-7-14/h4-5,8H,1-3,6-7H2,(H2,17,20)(H,18,19). The van der Waals surface area contributed by atoms with Gasteiger partial charge in [0.2, 0.25) is 5.91 Å². The molecule has 0 unspecified atom stereocenters. The molecule has 0 saturated heterocycles. The molecule has 0 radical (unpaired) electrons. The minimum Gasteiger partial charge on any atom is -0.392 e. The zero-order valence-corrected chi connectivity index (χ0v) is 13.3. The average molecular weight is 359 g/mol. The maximum absolute atomic E-state index is 13.8. The summed E-state index contributed by atoms with van der Waals surface area (Å²) in [7, 11) is 0. The van der Waals surface area contributed by atoms with Gasteiger partial charge in [0.25, 0.3) is 0 Å². The van der Waals surface area contributed by atoms with Crippen LogP contribution in [0.15, 0.2) is 22.7 Å². The summed E-state index contributed by atoms with van der Waals surface area (Å²) in [6, 6.07) is 4.50. The number of halogens is 2. The fourth-order valence-corrected chi connectivity index (χ4v) is 3.20. The Labute approximate surface area is 131 Å². The second-order valence-electron chi connectivity index (χ2n) is 5.09. The van der Waals surface area contributed by atoms with E-state index < -0.39 is 11.2 Å². The molecule has 0 atom stereocenters. The fraction of sp³-hybridized carbons (Fsp3) is 0.429. The highest BCUT2D eigenvalue weighted by Crippen LogP contribution is 2.38. The van der Waals surface area contributed by atoms with Crippen molar-refractivity contribution in [2.75, 3.05) is 5.32 Å². The van der Waals surface area contributed by atoms with Crippen LogP contribution in [0.4, 0.5) is 10.1 Å². The van der Waals surface area contributed by atoms with Crippen molar-refractivity contribution in [3.05, 3.63) is 28.5 Å². The fourth-order valence-electron chi connectivity index (χ4n) is 2.57. The van der Waals surface area contributed by atoms with Crippen LogP contribution in [0.25, 0.3) is 0 Å². The van der Waals surface area contributed by atoms with Crippen LogP contribution in [0.3, 0.4) is 0 Å². The molecule has 1 saturated carbocycles. The van der Waals surface area contributed by atoms with Crippen LogP contribution in [0.2, 0.25) is 0 Å². The molecule has 0 bridgehead atoms. The number of carbonyl (C=O) groups excluding carboxylic acids is 1. The van der Waals surface area contributed by atoms with E-state index in [0.29, 0.717) is 17.3 Å². The van der Waals surface area contributed by atoms with Crippen molar-refractivity contribution in [2.45, 2.75) is 32.1 Å². The van der Waals surface area contributed by atoms with E-state index in [9.17, 15) is 9.18 Å². The summed E-state index contributed by atoms with van der Waals surface area (Å²) < 4.78 is 14.4. The highest BCUT2D eigenvalue weighted by Gasteiger charge is 2.42. The minimum absolute atomic E-state index is 0.152. The van der Waals surface area contributed by atoms with E-state index in [1.54, 1.807) is 6.07 Å². The van der Waals surface area contributed by atoms with E-state index in [-0.39, 0.29) is 16.6 Å². The van der Waals surface area contributed by atoms with Crippen molar-refractivity contribution in [1.29, 1.82) is 0 Å². The Morgan fingerprint density at radius 1 is 1.35 bits per heavy atom. The summed E-state index contributed by atoms with van der Waals surface area (Å²) in [5.74, 6) is -0.785. The van der Waals surface area contributed by atoms with Gasteiger partial charge in [0, 0.05) is 4.47 Å². The molecule has 2 rings (SSSR count). The zero-order valence-electron chi connectivity index (χ0n) is 10.9. The van der Waals surface area contributed by atoms with Gasteiger partial charge < -0.3 is 11.1 Å². The third-order valence-electron chi connectivity index (χ3n) is 3.79. The van der Waals surface area contributed by atoms with Crippen molar-refractivity contribution in [3.8, 4) is 0 Å². The topological polar surface area (TPSA) is 55.1 Å². The number of nitrogens with one attached hydrogen (secondary N) is 1. The van der Waals surface area contributed by atoms with Gasteiger partial charge in [-0.05, 0) is 31.0 Å². The van der Waals surface area contributed by atoms with Gasteiger partial charge in [-0.25, -0.2) is 4.39 Å². The number of nitrogens with two attached hydrogens (primary N) is 1. The third kappa shape index (κ3) is 3.01. The molecule has 0 aliphatic heterocycles. The molecular formula is C14H16BrFN2OS. The zero-order chi connectivity index (χ0) is 14.8.